The molecule has 2 amide bonds. The van der Waals surface area contributed by atoms with E-state index in [9.17, 15) is 9.59 Å². The molecule has 5 nitrogen and oxygen atoms in total. The fraction of sp³-hybridized carbons (Fsp3) is 0.333. The predicted molar refractivity (Wildman–Crippen MR) is 115 cm³/mol. The van der Waals surface area contributed by atoms with Gasteiger partial charge < -0.3 is 14.5 Å². The molecular formula is C24H28N2O3. The van der Waals surface area contributed by atoms with Crippen molar-refractivity contribution in [1.29, 1.82) is 0 Å². The molecule has 0 N–H and O–H groups in total. The normalized spacial score (nSPS) is 14.3. The van der Waals surface area contributed by atoms with Crippen LogP contribution in [0.5, 0.6) is 5.75 Å². The Morgan fingerprint density at radius 2 is 1.62 bits per heavy atom. The molecule has 0 aliphatic carbocycles. The number of nitrogens with zero attached hydrogens (tertiary/aromatic N) is 2. The van der Waals surface area contributed by atoms with E-state index < -0.39 is 0 Å². The highest BCUT2D eigenvalue weighted by molar-refractivity contribution is 5.95. The Kier molecular flexibility index (Phi) is 7.06. The molecule has 1 saturated heterocycles. The summed E-state index contributed by atoms with van der Waals surface area (Å²) in [5.41, 5.74) is 2.71. The largest absolute Gasteiger partial charge is 0.493 e. The van der Waals surface area contributed by atoms with Crippen molar-refractivity contribution >= 4 is 17.9 Å². The Morgan fingerprint density at radius 1 is 0.966 bits per heavy atom. The van der Waals surface area contributed by atoms with Crippen molar-refractivity contribution < 1.29 is 14.3 Å². The van der Waals surface area contributed by atoms with Crippen molar-refractivity contribution in [3.05, 3.63) is 71.3 Å². The Bertz CT molecular complexity index is 866. The fourth-order valence-electron chi connectivity index (χ4n) is 3.24. The highest BCUT2D eigenvalue weighted by Crippen LogP contribution is 2.20. The maximum Gasteiger partial charge on any atom is 0.253 e. The quantitative estimate of drug-likeness (QED) is 0.703. The molecule has 2 aromatic carbocycles. The van der Waals surface area contributed by atoms with Gasteiger partial charge in [0, 0.05) is 43.4 Å². The summed E-state index contributed by atoms with van der Waals surface area (Å²) >= 11 is 0. The van der Waals surface area contributed by atoms with Crippen LogP contribution in [0, 0.1) is 6.92 Å². The zero-order valence-corrected chi connectivity index (χ0v) is 17.1. The van der Waals surface area contributed by atoms with Crippen LogP contribution in [0.3, 0.4) is 0 Å². The number of rotatable bonds is 6. The number of piperazine rings is 1. The molecule has 0 atom stereocenters. The number of ether oxygens (including phenoxy) is 1. The molecule has 29 heavy (non-hydrogen) atoms. The maximum absolute atomic E-state index is 12.6. The van der Waals surface area contributed by atoms with E-state index in [0.29, 0.717) is 38.3 Å². The van der Waals surface area contributed by atoms with Crippen molar-refractivity contribution in [3.8, 4) is 5.75 Å². The summed E-state index contributed by atoms with van der Waals surface area (Å²) in [4.78, 5) is 28.8. The van der Waals surface area contributed by atoms with Gasteiger partial charge in [0.05, 0.1) is 6.61 Å². The molecule has 3 rings (SSSR count). The number of carbonyl (C=O) groups excluding carboxylic acids is 2. The lowest BCUT2D eigenvalue weighted by molar-refractivity contribution is -0.127. The van der Waals surface area contributed by atoms with Crippen LogP contribution in [-0.2, 0) is 4.79 Å². The van der Waals surface area contributed by atoms with E-state index in [1.807, 2.05) is 60.4 Å². The van der Waals surface area contributed by atoms with Gasteiger partial charge in [-0.25, -0.2) is 0 Å². The highest BCUT2D eigenvalue weighted by Gasteiger charge is 2.23. The topological polar surface area (TPSA) is 49.9 Å². The summed E-state index contributed by atoms with van der Waals surface area (Å²) in [6, 6.07) is 15.3. The van der Waals surface area contributed by atoms with E-state index in [1.165, 1.54) is 0 Å². The molecule has 1 fully saturated rings. The second-order valence-electron chi connectivity index (χ2n) is 7.20. The van der Waals surface area contributed by atoms with E-state index in [2.05, 4.69) is 6.92 Å². The van der Waals surface area contributed by atoms with Gasteiger partial charge in [0.1, 0.15) is 5.75 Å². The maximum atomic E-state index is 12.6. The SMILES string of the molecule is CCCOc1ccccc1/C=C/C(=O)N1CCN(C(=O)c2ccc(C)cc2)CC1. The van der Waals surface area contributed by atoms with Gasteiger partial charge >= 0.3 is 0 Å². The second kappa shape index (κ2) is 9.92. The minimum atomic E-state index is -0.0438. The third-order valence-electron chi connectivity index (χ3n) is 4.96. The van der Waals surface area contributed by atoms with Crippen molar-refractivity contribution in [1.82, 2.24) is 9.80 Å². The van der Waals surface area contributed by atoms with Crippen LogP contribution in [0.25, 0.3) is 6.08 Å². The number of hydrogen-bond donors (Lipinski definition) is 0. The first-order chi connectivity index (χ1) is 14.1. The Labute approximate surface area is 172 Å². The zero-order valence-electron chi connectivity index (χ0n) is 17.1. The number of aryl methyl sites for hydroxylation is 1. The first kappa shape index (κ1) is 20.6. The first-order valence-corrected chi connectivity index (χ1v) is 10.1. The average Bonchev–Trinajstić information content (AvgIpc) is 2.76. The highest BCUT2D eigenvalue weighted by atomic mass is 16.5. The molecule has 5 heteroatoms. The zero-order chi connectivity index (χ0) is 20.6. The van der Waals surface area contributed by atoms with E-state index in [0.717, 1.165) is 23.3 Å². The molecular weight excluding hydrogens is 364 g/mol. The van der Waals surface area contributed by atoms with Crippen LogP contribution < -0.4 is 4.74 Å². The lowest BCUT2D eigenvalue weighted by Gasteiger charge is -2.34. The van der Waals surface area contributed by atoms with Gasteiger partial charge in [-0.15, -0.1) is 0 Å². The Balaban J connectivity index is 1.56. The summed E-state index contributed by atoms with van der Waals surface area (Å²) in [6.07, 6.45) is 4.32. The lowest BCUT2D eigenvalue weighted by Crippen LogP contribution is -2.50. The summed E-state index contributed by atoms with van der Waals surface area (Å²) in [5.74, 6) is 0.763. The summed E-state index contributed by atoms with van der Waals surface area (Å²) in [5, 5.41) is 0. The van der Waals surface area contributed by atoms with Gasteiger partial charge in [-0.3, -0.25) is 9.59 Å². The monoisotopic (exact) mass is 392 g/mol. The number of amides is 2. The van der Waals surface area contributed by atoms with Crippen molar-refractivity contribution in [2.75, 3.05) is 32.8 Å². The smallest absolute Gasteiger partial charge is 0.253 e. The number of para-hydroxylation sites is 1. The molecule has 2 aromatic rings. The van der Waals surface area contributed by atoms with Crippen LogP contribution in [0.1, 0.15) is 34.8 Å². The predicted octanol–water partition coefficient (Wildman–Crippen LogP) is 3.78. The van der Waals surface area contributed by atoms with Gasteiger partial charge in [-0.2, -0.15) is 0 Å². The van der Waals surface area contributed by atoms with Crippen molar-refractivity contribution in [2.45, 2.75) is 20.3 Å². The van der Waals surface area contributed by atoms with Crippen LogP contribution >= 0.6 is 0 Å². The molecule has 1 aliphatic heterocycles. The molecule has 0 spiro atoms. The first-order valence-electron chi connectivity index (χ1n) is 10.1. The Hall–Kier alpha value is -3.08. The van der Waals surface area contributed by atoms with E-state index in [1.54, 1.807) is 17.1 Å². The third kappa shape index (κ3) is 5.47. The van der Waals surface area contributed by atoms with Crippen molar-refractivity contribution in [2.24, 2.45) is 0 Å². The van der Waals surface area contributed by atoms with Crippen LogP contribution in [-0.4, -0.2) is 54.4 Å². The molecule has 0 saturated carbocycles. The average molecular weight is 392 g/mol. The van der Waals surface area contributed by atoms with Gasteiger partial charge in [0.15, 0.2) is 0 Å². The van der Waals surface area contributed by atoms with Crippen LogP contribution in [0.2, 0.25) is 0 Å². The van der Waals surface area contributed by atoms with Crippen LogP contribution in [0.4, 0.5) is 0 Å². The molecule has 152 valence electrons. The lowest BCUT2D eigenvalue weighted by atomic mass is 10.1. The summed E-state index contributed by atoms with van der Waals surface area (Å²) in [6.45, 7) is 6.87. The second-order valence-corrected chi connectivity index (χ2v) is 7.20. The minimum Gasteiger partial charge on any atom is -0.493 e. The van der Waals surface area contributed by atoms with E-state index >= 15 is 0 Å². The minimum absolute atomic E-state index is 0.0228. The number of benzene rings is 2. The van der Waals surface area contributed by atoms with E-state index in [4.69, 9.17) is 4.74 Å². The Morgan fingerprint density at radius 3 is 2.31 bits per heavy atom. The molecule has 0 aromatic heterocycles. The molecule has 0 radical (unpaired) electrons. The van der Waals surface area contributed by atoms with Gasteiger partial charge in [0.25, 0.3) is 5.91 Å². The van der Waals surface area contributed by atoms with Gasteiger partial charge in [0.2, 0.25) is 5.91 Å². The molecule has 1 heterocycles. The standard InChI is InChI=1S/C24H28N2O3/c1-3-18-29-22-7-5-4-6-20(22)12-13-23(27)25-14-16-26(17-15-25)24(28)21-10-8-19(2)9-11-21/h4-13H,3,14-18H2,1-2H3/b13-12+. The molecule has 0 bridgehead atoms. The van der Waals surface area contributed by atoms with Crippen molar-refractivity contribution in [3.63, 3.8) is 0 Å². The summed E-state index contributed by atoms with van der Waals surface area (Å²) < 4.78 is 5.73. The molecule has 0 unspecified atom stereocenters. The summed E-state index contributed by atoms with van der Waals surface area (Å²) in [7, 11) is 0. The fourth-order valence-corrected chi connectivity index (χ4v) is 3.24. The van der Waals surface area contributed by atoms with Gasteiger partial charge in [-0.1, -0.05) is 42.8 Å². The van der Waals surface area contributed by atoms with Gasteiger partial charge in [-0.05, 0) is 37.6 Å². The van der Waals surface area contributed by atoms with E-state index in [-0.39, 0.29) is 11.8 Å². The third-order valence-corrected chi connectivity index (χ3v) is 4.96. The number of carbonyl (C=O) groups is 2. The van der Waals surface area contributed by atoms with Crippen LogP contribution in [0.15, 0.2) is 54.6 Å². The number of hydrogen-bond acceptors (Lipinski definition) is 3. The molecule has 1 aliphatic rings.